The third-order valence-corrected chi connectivity index (χ3v) is 4.87. The minimum absolute atomic E-state index is 0.202. The second-order valence-corrected chi connectivity index (χ2v) is 6.86. The molecule has 0 amide bonds. The molecule has 0 saturated carbocycles. The Kier molecular flexibility index (Phi) is 4.13. The van der Waals surface area contributed by atoms with Crippen LogP contribution in [0.25, 0.3) is 22.0 Å². The van der Waals surface area contributed by atoms with Crippen LogP contribution in [0.2, 0.25) is 0 Å². The molecule has 1 aromatic carbocycles. The second-order valence-electron chi connectivity index (χ2n) is 6.86. The number of rotatable bonds is 2. The van der Waals surface area contributed by atoms with Gasteiger partial charge >= 0.3 is 6.18 Å². The van der Waals surface area contributed by atoms with Crippen molar-refractivity contribution in [3.63, 3.8) is 0 Å². The fourth-order valence-corrected chi connectivity index (χ4v) is 3.45. The summed E-state index contributed by atoms with van der Waals surface area (Å²) in [7, 11) is 0. The average molecular weight is 374 g/mol. The van der Waals surface area contributed by atoms with Crippen LogP contribution in [0.1, 0.15) is 18.9 Å². The fourth-order valence-electron chi connectivity index (χ4n) is 3.45. The second kappa shape index (κ2) is 6.37. The van der Waals surface area contributed by atoms with Gasteiger partial charge in [-0.25, -0.2) is 0 Å². The lowest BCUT2D eigenvalue weighted by atomic mass is 10.0. The van der Waals surface area contributed by atoms with Crippen molar-refractivity contribution in [2.45, 2.75) is 19.5 Å². The van der Waals surface area contributed by atoms with Gasteiger partial charge in [-0.05, 0) is 36.6 Å². The third-order valence-electron chi connectivity index (χ3n) is 4.87. The molecule has 1 N–H and O–H groups in total. The van der Waals surface area contributed by atoms with Crippen LogP contribution in [0.4, 0.5) is 19.0 Å². The van der Waals surface area contributed by atoms with Gasteiger partial charge < -0.3 is 10.0 Å². The van der Waals surface area contributed by atoms with Crippen molar-refractivity contribution in [1.29, 1.82) is 0 Å². The average Bonchev–Trinajstić information content (AvgIpc) is 3.06. The SMILES string of the molecule is C[C@@H]1CCN(c2nnc(-c3ccc(C(F)(F)F)cc3O)c3ccncc23)C1. The van der Waals surface area contributed by atoms with Crippen molar-refractivity contribution >= 4 is 16.6 Å². The molecule has 5 nitrogen and oxygen atoms in total. The number of aromatic nitrogens is 3. The molecule has 3 heterocycles. The largest absolute Gasteiger partial charge is 0.507 e. The lowest BCUT2D eigenvalue weighted by Crippen LogP contribution is -2.21. The van der Waals surface area contributed by atoms with Gasteiger partial charge in [-0.3, -0.25) is 4.98 Å². The molecule has 3 aromatic rings. The number of pyridine rings is 1. The van der Waals surface area contributed by atoms with Gasteiger partial charge in [-0.2, -0.15) is 13.2 Å². The highest BCUT2D eigenvalue weighted by Gasteiger charge is 2.31. The Morgan fingerprint density at radius 1 is 1.15 bits per heavy atom. The van der Waals surface area contributed by atoms with E-state index in [1.165, 1.54) is 6.07 Å². The Morgan fingerprint density at radius 3 is 2.63 bits per heavy atom. The normalized spacial score (nSPS) is 17.6. The lowest BCUT2D eigenvalue weighted by Gasteiger charge is -2.19. The Balaban J connectivity index is 1.84. The first-order valence-corrected chi connectivity index (χ1v) is 8.60. The molecule has 1 saturated heterocycles. The molecule has 0 spiro atoms. The number of fused-ring (bicyclic) bond motifs is 1. The van der Waals surface area contributed by atoms with Crippen LogP contribution in [0.3, 0.4) is 0 Å². The molecule has 1 aliphatic heterocycles. The predicted molar refractivity (Wildman–Crippen MR) is 95.4 cm³/mol. The van der Waals surface area contributed by atoms with E-state index in [0.29, 0.717) is 28.9 Å². The quantitative estimate of drug-likeness (QED) is 0.726. The van der Waals surface area contributed by atoms with E-state index in [0.717, 1.165) is 31.0 Å². The molecule has 0 unspecified atom stereocenters. The summed E-state index contributed by atoms with van der Waals surface area (Å²) in [5.74, 6) is 0.773. The molecule has 140 valence electrons. The number of hydrogen-bond donors (Lipinski definition) is 1. The van der Waals surface area contributed by atoms with Crippen LogP contribution in [0.15, 0.2) is 36.7 Å². The first-order chi connectivity index (χ1) is 12.8. The first kappa shape index (κ1) is 17.5. The minimum Gasteiger partial charge on any atom is -0.507 e. The number of benzene rings is 1. The van der Waals surface area contributed by atoms with Gasteiger partial charge in [0.25, 0.3) is 0 Å². The van der Waals surface area contributed by atoms with E-state index in [4.69, 9.17) is 0 Å². The monoisotopic (exact) mass is 374 g/mol. The van der Waals surface area contributed by atoms with Crippen LogP contribution < -0.4 is 4.90 Å². The van der Waals surface area contributed by atoms with Crippen molar-refractivity contribution in [3.05, 3.63) is 42.2 Å². The fraction of sp³-hybridized carbons (Fsp3) is 0.316. The summed E-state index contributed by atoms with van der Waals surface area (Å²) in [6.07, 6.45) is -0.202. The standard InChI is InChI=1S/C19H17F3N4O/c1-11-5-7-26(10-11)18-15-9-23-6-4-13(15)17(24-25-18)14-3-2-12(8-16(14)27)19(20,21)22/h2-4,6,8-9,11,27H,5,7,10H2,1H3/t11-/m1/s1. The molecule has 1 atom stereocenters. The summed E-state index contributed by atoms with van der Waals surface area (Å²) in [5, 5.41) is 20.2. The Bertz CT molecular complexity index is 1010. The molecule has 1 fully saturated rings. The van der Waals surface area contributed by atoms with Gasteiger partial charge in [0, 0.05) is 41.8 Å². The Hall–Kier alpha value is -2.90. The van der Waals surface area contributed by atoms with E-state index in [2.05, 4.69) is 27.0 Å². The van der Waals surface area contributed by atoms with Gasteiger partial charge in [-0.15, -0.1) is 10.2 Å². The maximum absolute atomic E-state index is 12.9. The molecule has 2 aromatic heterocycles. The predicted octanol–water partition coefficient (Wildman–Crippen LogP) is 4.26. The van der Waals surface area contributed by atoms with E-state index in [1.54, 1.807) is 18.5 Å². The maximum Gasteiger partial charge on any atom is 0.416 e. The summed E-state index contributed by atoms with van der Waals surface area (Å²) >= 11 is 0. The van der Waals surface area contributed by atoms with Gasteiger partial charge in [0.15, 0.2) is 5.82 Å². The smallest absolute Gasteiger partial charge is 0.416 e. The number of nitrogens with zero attached hydrogens (tertiary/aromatic N) is 4. The molecular formula is C19H17F3N4O. The van der Waals surface area contributed by atoms with E-state index in [-0.39, 0.29) is 5.56 Å². The summed E-state index contributed by atoms with van der Waals surface area (Å²) in [5.41, 5.74) is -0.381. The number of phenolic OH excluding ortho intramolecular Hbond substituents is 1. The van der Waals surface area contributed by atoms with Gasteiger partial charge in [0.05, 0.1) is 5.56 Å². The topological polar surface area (TPSA) is 62.1 Å². The van der Waals surface area contributed by atoms with Crippen molar-refractivity contribution < 1.29 is 18.3 Å². The molecule has 0 bridgehead atoms. The molecule has 1 aliphatic rings. The summed E-state index contributed by atoms with van der Waals surface area (Å²) in [6, 6.07) is 4.60. The minimum atomic E-state index is -4.52. The van der Waals surface area contributed by atoms with Crippen LogP contribution in [0.5, 0.6) is 5.75 Å². The van der Waals surface area contributed by atoms with E-state index in [9.17, 15) is 18.3 Å². The van der Waals surface area contributed by atoms with Crippen LogP contribution >= 0.6 is 0 Å². The zero-order valence-electron chi connectivity index (χ0n) is 14.5. The van der Waals surface area contributed by atoms with E-state index < -0.39 is 17.5 Å². The molecule has 0 aliphatic carbocycles. The van der Waals surface area contributed by atoms with Crippen LogP contribution in [-0.2, 0) is 6.18 Å². The van der Waals surface area contributed by atoms with E-state index in [1.807, 2.05) is 0 Å². The number of alkyl halides is 3. The summed E-state index contributed by atoms with van der Waals surface area (Å²) in [6.45, 7) is 3.90. The zero-order valence-corrected chi connectivity index (χ0v) is 14.5. The van der Waals surface area contributed by atoms with Gasteiger partial charge in [-0.1, -0.05) is 6.92 Å². The first-order valence-electron chi connectivity index (χ1n) is 8.60. The molecule has 0 radical (unpaired) electrons. The number of halogens is 3. The maximum atomic E-state index is 12.9. The number of hydrogen-bond acceptors (Lipinski definition) is 5. The Labute approximate surface area is 153 Å². The molecule has 8 heteroatoms. The van der Waals surface area contributed by atoms with Gasteiger partial charge in [0.2, 0.25) is 0 Å². The Morgan fingerprint density at radius 2 is 1.96 bits per heavy atom. The highest BCUT2D eigenvalue weighted by Crippen LogP contribution is 2.39. The number of phenols is 1. The van der Waals surface area contributed by atoms with Crippen molar-refractivity contribution in [3.8, 4) is 17.0 Å². The lowest BCUT2D eigenvalue weighted by molar-refractivity contribution is -0.137. The zero-order chi connectivity index (χ0) is 19.2. The number of aromatic hydroxyl groups is 1. The number of anilines is 1. The van der Waals surface area contributed by atoms with Gasteiger partial charge in [0.1, 0.15) is 11.4 Å². The van der Waals surface area contributed by atoms with Crippen LogP contribution in [0, 0.1) is 5.92 Å². The highest BCUT2D eigenvalue weighted by atomic mass is 19.4. The van der Waals surface area contributed by atoms with Crippen LogP contribution in [-0.4, -0.2) is 33.4 Å². The van der Waals surface area contributed by atoms with E-state index >= 15 is 0 Å². The molecule has 4 rings (SSSR count). The van der Waals surface area contributed by atoms with Crippen molar-refractivity contribution in [2.24, 2.45) is 5.92 Å². The third kappa shape index (κ3) is 3.15. The summed E-state index contributed by atoms with van der Waals surface area (Å²) < 4.78 is 38.6. The van der Waals surface area contributed by atoms with Crippen molar-refractivity contribution in [2.75, 3.05) is 18.0 Å². The molecule has 27 heavy (non-hydrogen) atoms. The molecular weight excluding hydrogens is 357 g/mol. The summed E-state index contributed by atoms with van der Waals surface area (Å²) in [4.78, 5) is 6.30. The highest BCUT2D eigenvalue weighted by molar-refractivity contribution is 6.00. The van der Waals surface area contributed by atoms with Crippen molar-refractivity contribution in [1.82, 2.24) is 15.2 Å².